The third-order valence-corrected chi connectivity index (χ3v) is 19.1. The second-order valence-electron chi connectivity index (χ2n) is 22.9. The predicted octanol–water partition coefficient (Wildman–Crippen LogP) is -0.176. The van der Waals surface area contributed by atoms with Crippen molar-refractivity contribution in [1.82, 2.24) is 0 Å². The molecule has 5 saturated heterocycles. The summed E-state index contributed by atoms with van der Waals surface area (Å²) in [5, 5.41) is 108. The first kappa shape index (κ1) is 49.0. The predicted molar refractivity (Wildman–Crippen MR) is 225 cm³/mol. The highest BCUT2D eigenvalue weighted by Crippen LogP contribution is 2.80. The van der Waals surface area contributed by atoms with Crippen LogP contribution in [0.1, 0.15) is 93.4 Å². The van der Waals surface area contributed by atoms with E-state index in [-0.39, 0.29) is 39.9 Å². The number of allylic oxidation sites excluding steroid dienone is 1. The zero-order valence-electron chi connectivity index (χ0n) is 38.8. The number of hydrogen-bond acceptors (Lipinski definition) is 18. The zero-order valence-corrected chi connectivity index (χ0v) is 38.8. The highest BCUT2D eigenvalue weighted by molar-refractivity contribution is 5.27. The molecule has 65 heavy (non-hydrogen) atoms. The van der Waals surface area contributed by atoms with Crippen LogP contribution < -0.4 is 0 Å². The van der Waals surface area contributed by atoms with Crippen molar-refractivity contribution >= 4 is 0 Å². The summed E-state index contributed by atoms with van der Waals surface area (Å²) < 4.78 is 50.7. The molecule has 10 N–H and O–H groups in total. The van der Waals surface area contributed by atoms with Gasteiger partial charge in [0.25, 0.3) is 0 Å². The molecule has 372 valence electrons. The van der Waals surface area contributed by atoms with E-state index in [2.05, 4.69) is 47.6 Å². The van der Waals surface area contributed by atoms with E-state index in [0.29, 0.717) is 25.6 Å². The molecular weight excluding hydrogens is 852 g/mol. The Morgan fingerprint density at radius 2 is 1.22 bits per heavy atom. The normalized spacial score (nSPS) is 56.9. The average Bonchev–Trinajstić information content (AvgIpc) is 3.88. The number of ether oxygens (including phenoxy) is 8. The Morgan fingerprint density at radius 1 is 0.631 bits per heavy atom. The maximum Gasteiger partial charge on any atom is 0.187 e. The van der Waals surface area contributed by atoms with Gasteiger partial charge in [0.05, 0.1) is 44.7 Å². The molecule has 18 nitrogen and oxygen atoms in total. The van der Waals surface area contributed by atoms with Gasteiger partial charge >= 0.3 is 0 Å². The number of aliphatic hydroxyl groups is 10. The van der Waals surface area contributed by atoms with E-state index in [1.165, 1.54) is 0 Å². The quantitative estimate of drug-likeness (QED) is 0.101. The summed E-state index contributed by atoms with van der Waals surface area (Å²) in [6.07, 6.45) is -14.3. The van der Waals surface area contributed by atoms with E-state index < -0.39 is 129 Å². The van der Waals surface area contributed by atoms with Crippen LogP contribution in [0.4, 0.5) is 0 Å². The fourth-order valence-corrected chi connectivity index (χ4v) is 15.8. The highest BCUT2D eigenvalue weighted by atomic mass is 16.8. The summed E-state index contributed by atoms with van der Waals surface area (Å²) in [5.41, 5.74) is -0.701. The van der Waals surface area contributed by atoms with Crippen molar-refractivity contribution in [3.63, 3.8) is 0 Å². The van der Waals surface area contributed by atoms with Gasteiger partial charge in [0.2, 0.25) is 0 Å². The minimum absolute atomic E-state index is 0.0960. The zero-order chi connectivity index (χ0) is 47.0. The molecule has 18 heteroatoms. The molecule has 25 atom stereocenters. The number of rotatable bonds is 10. The average molecular weight is 929 g/mol. The van der Waals surface area contributed by atoms with Crippen molar-refractivity contribution in [3.05, 3.63) is 11.6 Å². The van der Waals surface area contributed by atoms with Crippen LogP contribution in [0.25, 0.3) is 0 Å². The molecule has 2 bridgehead atoms. The molecule has 4 saturated carbocycles. The van der Waals surface area contributed by atoms with Crippen molar-refractivity contribution in [1.29, 1.82) is 0 Å². The summed E-state index contributed by atoms with van der Waals surface area (Å²) in [5.74, 6) is -0.317. The van der Waals surface area contributed by atoms with E-state index in [1.54, 1.807) is 0 Å². The van der Waals surface area contributed by atoms with Crippen molar-refractivity contribution in [3.8, 4) is 0 Å². The molecule has 5 aliphatic heterocycles. The Labute approximate surface area is 381 Å². The van der Waals surface area contributed by atoms with E-state index in [9.17, 15) is 51.1 Å². The number of aliphatic hydroxyl groups excluding tert-OH is 9. The molecule has 9 rings (SSSR count). The number of hydrogen-bond donors (Lipinski definition) is 10. The summed E-state index contributed by atoms with van der Waals surface area (Å²) in [6, 6.07) is 0. The van der Waals surface area contributed by atoms with Gasteiger partial charge < -0.3 is 89.0 Å². The second-order valence-corrected chi connectivity index (χ2v) is 22.9. The SMILES string of the molecule is CC(C)=C[C@@H]1CO[C@]23C[C@]4(CO2)C(CCC2[C@@]5(C)CC[C@H](O[C@@H]6O[C@H](CO)[C@@H](O)[C@H](O[C@@H]7O[C@H](CO)[C@@H](O)[C@H](O)[C@H]7O)[C@H]6O[C@@H]6O[C@@H](CO)[C@H](O)[C@H]6O)C(C)(C)C5CC[C@]24C)C3[C@@]1(C)O. The van der Waals surface area contributed by atoms with Crippen LogP contribution >= 0.6 is 0 Å². The third-order valence-electron chi connectivity index (χ3n) is 19.1. The molecule has 0 amide bonds. The highest BCUT2D eigenvalue weighted by Gasteiger charge is 2.81. The third kappa shape index (κ3) is 7.24. The van der Waals surface area contributed by atoms with Crippen molar-refractivity contribution in [2.24, 2.45) is 51.2 Å². The van der Waals surface area contributed by atoms with Gasteiger partial charge in [-0.25, -0.2) is 0 Å². The van der Waals surface area contributed by atoms with Gasteiger partial charge in [-0.2, -0.15) is 0 Å². The molecule has 4 unspecified atom stereocenters. The molecule has 4 aliphatic carbocycles. The van der Waals surface area contributed by atoms with Gasteiger partial charge in [0.15, 0.2) is 24.7 Å². The smallest absolute Gasteiger partial charge is 0.187 e. The topological polar surface area (TPSA) is 276 Å². The Hall–Kier alpha value is -0.980. The van der Waals surface area contributed by atoms with Crippen molar-refractivity contribution in [2.45, 2.75) is 197 Å². The molecule has 9 aliphatic rings. The van der Waals surface area contributed by atoms with Gasteiger partial charge in [0, 0.05) is 23.7 Å². The standard InChI is InChI=1S/C47H76O18/c1-21(2)14-22-18-58-47-19-46(20-59-47)23(38(47)45(22,7)57)8-9-28-43(5)12-11-29(42(3,4)27(43)10-13-44(28,46)6)63-41-37(65-39-34(55)31(52)25(16-49)61-39)36(32(53)26(17-50)62-41)64-40-35(56)33(54)30(51)24(15-48)60-40/h14,22-41,48-57H,8-13,15-20H2,1-7H3/t22-,23?,24-,25+,26-,27?,28?,29+,30-,31+,32-,33+,34-,35-,36+,37-,38?,39+,40+,41+,43+,44-,45+,46+,47-/m1/s1. The number of fused-ring (bicyclic) bond motifs is 4. The minimum Gasteiger partial charge on any atom is -0.394 e. The van der Waals surface area contributed by atoms with Gasteiger partial charge in [-0.3, -0.25) is 0 Å². The van der Waals surface area contributed by atoms with Crippen LogP contribution in [-0.4, -0.2) is 188 Å². The van der Waals surface area contributed by atoms with Crippen LogP contribution in [0.3, 0.4) is 0 Å². The lowest BCUT2D eigenvalue weighted by molar-refractivity contribution is -0.387. The van der Waals surface area contributed by atoms with Gasteiger partial charge in [-0.1, -0.05) is 39.3 Å². The van der Waals surface area contributed by atoms with Crippen LogP contribution in [0.5, 0.6) is 0 Å². The first-order valence-electron chi connectivity index (χ1n) is 24.0. The molecule has 0 aromatic heterocycles. The van der Waals surface area contributed by atoms with Crippen molar-refractivity contribution in [2.75, 3.05) is 33.0 Å². The molecule has 9 fully saturated rings. The lowest BCUT2D eigenvalue weighted by atomic mass is 9.35. The maximum absolute atomic E-state index is 12.4. The minimum atomic E-state index is -1.86. The van der Waals surface area contributed by atoms with Crippen molar-refractivity contribution < 1.29 is 89.0 Å². The van der Waals surface area contributed by atoms with E-state index in [0.717, 1.165) is 44.1 Å². The van der Waals surface area contributed by atoms with Crippen LogP contribution in [0.15, 0.2) is 11.6 Å². The van der Waals surface area contributed by atoms with Crippen LogP contribution in [-0.2, 0) is 37.9 Å². The Kier molecular flexibility index (Phi) is 12.9. The fourth-order valence-electron chi connectivity index (χ4n) is 15.8. The van der Waals surface area contributed by atoms with Gasteiger partial charge in [-0.15, -0.1) is 0 Å². The molecule has 0 aromatic rings. The maximum atomic E-state index is 12.4. The largest absolute Gasteiger partial charge is 0.394 e. The Bertz CT molecular complexity index is 1760. The Morgan fingerprint density at radius 3 is 1.85 bits per heavy atom. The lowest BCUT2D eigenvalue weighted by Crippen LogP contribution is -2.68. The summed E-state index contributed by atoms with van der Waals surface area (Å²) >= 11 is 0. The molecule has 0 aromatic carbocycles. The molecule has 5 heterocycles. The van der Waals surface area contributed by atoms with E-state index in [1.807, 2.05) is 6.92 Å². The molecular formula is C47H76O18. The second kappa shape index (κ2) is 17.1. The monoisotopic (exact) mass is 929 g/mol. The molecule has 2 spiro atoms. The van der Waals surface area contributed by atoms with Crippen LogP contribution in [0.2, 0.25) is 0 Å². The first-order chi connectivity index (χ1) is 30.5. The van der Waals surface area contributed by atoms with E-state index >= 15 is 0 Å². The first-order valence-corrected chi connectivity index (χ1v) is 24.0. The Balaban J connectivity index is 0.991. The summed E-state index contributed by atoms with van der Waals surface area (Å²) in [4.78, 5) is 0. The van der Waals surface area contributed by atoms with Gasteiger partial charge in [0.1, 0.15) is 67.1 Å². The fraction of sp³-hybridized carbons (Fsp3) is 0.957. The van der Waals surface area contributed by atoms with Gasteiger partial charge in [-0.05, 0) is 93.3 Å². The van der Waals surface area contributed by atoms with Crippen LogP contribution in [0, 0.1) is 51.2 Å². The van der Waals surface area contributed by atoms with E-state index in [4.69, 9.17) is 37.9 Å². The summed E-state index contributed by atoms with van der Waals surface area (Å²) in [6.45, 7) is 14.4. The molecule has 0 radical (unpaired) electrons. The summed E-state index contributed by atoms with van der Waals surface area (Å²) in [7, 11) is 0. The lowest BCUT2D eigenvalue weighted by Gasteiger charge is -2.70.